The van der Waals surface area contributed by atoms with Gasteiger partial charge in [-0.3, -0.25) is 4.79 Å². The Hall–Kier alpha value is -2.23. The van der Waals surface area contributed by atoms with Crippen molar-refractivity contribution in [3.8, 4) is 0 Å². The summed E-state index contributed by atoms with van der Waals surface area (Å²) in [6.45, 7) is 3.62. The van der Waals surface area contributed by atoms with Gasteiger partial charge >= 0.3 is 0 Å². The Bertz CT molecular complexity index is 640. The molecule has 1 unspecified atom stereocenters. The van der Waals surface area contributed by atoms with Crippen LogP contribution < -0.4 is 5.32 Å². The maximum absolute atomic E-state index is 13.2. The number of halogens is 2. The smallest absolute Gasteiger partial charge is 0.251 e. The molecule has 2 rings (SSSR count). The molecule has 0 radical (unpaired) electrons. The van der Waals surface area contributed by atoms with Crippen LogP contribution in [0.15, 0.2) is 42.5 Å². The quantitative estimate of drug-likeness (QED) is 0.907. The third kappa shape index (κ3) is 3.20. The first kappa shape index (κ1) is 14.2. The Kier molecular flexibility index (Phi) is 4.13. The van der Waals surface area contributed by atoms with E-state index in [0.29, 0.717) is 11.1 Å². The lowest BCUT2D eigenvalue weighted by Gasteiger charge is -2.15. The molecule has 0 heterocycles. The number of nitrogens with one attached hydrogen (secondary N) is 1. The zero-order valence-corrected chi connectivity index (χ0v) is 11.3. The van der Waals surface area contributed by atoms with Crippen LogP contribution in [0.1, 0.15) is 34.5 Å². The van der Waals surface area contributed by atoms with Crippen LogP contribution in [0, 0.1) is 18.6 Å². The number of hydrogen-bond donors (Lipinski definition) is 1. The van der Waals surface area contributed by atoms with Crippen LogP contribution in [0.4, 0.5) is 8.78 Å². The van der Waals surface area contributed by atoms with Gasteiger partial charge in [0, 0.05) is 5.56 Å². The summed E-state index contributed by atoms with van der Waals surface area (Å²) < 4.78 is 26.0. The highest BCUT2D eigenvalue weighted by Crippen LogP contribution is 2.16. The molecule has 1 amide bonds. The summed E-state index contributed by atoms with van der Waals surface area (Å²) in [5, 5.41) is 2.76. The van der Waals surface area contributed by atoms with E-state index in [2.05, 4.69) is 5.32 Å². The van der Waals surface area contributed by atoms with Crippen molar-refractivity contribution < 1.29 is 13.6 Å². The second-order valence-electron chi connectivity index (χ2n) is 4.74. The zero-order chi connectivity index (χ0) is 14.7. The van der Waals surface area contributed by atoms with Crippen LogP contribution in [0.5, 0.6) is 0 Å². The molecule has 0 saturated heterocycles. The average molecular weight is 275 g/mol. The van der Waals surface area contributed by atoms with Crippen molar-refractivity contribution in [2.75, 3.05) is 0 Å². The fraction of sp³-hybridized carbons (Fsp3) is 0.188. The van der Waals surface area contributed by atoms with Crippen LogP contribution in [-0.2, 0) is 0 Å². The van der Waals surface area contributed by atoms with Gasteiger partial charge in [-0.2, -0.15) is 0 Å². The summed E-state index contributed by atoms with van der Waals surface area (Å²) in [5.41, 5.74) is 2.04. The average Bonchev–Trinajstić information content (AvgIpc) is 2.41. The maximum Gasteiger partial charge on any atom is 0.251 e. The van der Waals surface area contributed by atoms with E-state index in [1.54, 1.807) is 25.1 Å². The van der Waals surface area contributed by atoms with Crippen molar-refractivity contribution in [1.82, 2.24) is 5.32 Å². The molecule has 0 aliphatic heterocycles. The van der Waals surface area contributed by atoms with E-state index >= 15 is 0 Å². The van der Waals surface area contributed by atoms with Gasteiger partial charge in [-0.25, -0.2) is 8.78 Å². The van der Waals surface area contributed by atoms with Crippen molar-refractivity contribution in [1.29, 1.82) is 0 Å². The fourth-order valence-electron chi connectivity index (χ4n) is 1.93. The Labute approximate surface area is 116 Å². The van der Waals surface area contributed by atoms with Crippen molar-refractivity contribution in [2.24, 2.45) is 0 Å². The largest absolute Gasteiger partial charge is 0.346 e. The topological polar surface area (TPSA) is 29.1 Å². The Morgan fingerprint density at radius 1 is 1.10 bits per heavy atom. The molecule has 0 spiro atoms. The van der Waals surface area contributed by atoms with Crippen LogP contribution >= 0.6 is 0 Å². The highest BCUT2D eigenvalue weighted by atomic mass is 19.2. The van der Waals surface area contributed by atoms with E-state index in [9.17, 15) is 13.6 Å². The predicted molar refractivity (Wildman–Crippen MR) is 73.4 cm³/mol. The molecule has 4 heteroatoms. The molecule has 0 bridgehead atoms. The molecular weight excluding hydrogens is 260 g/mol. The van der Waals surface area contributed by atoms with Crippen LogP contribution in [0.2, 0.25) is 0 Å². The minimum atomic E-state index is -0.917. The summed E-state index contributed by atoms with van der Waals surface area (Å²) in [5.74, 6) is -2.06. The molecule has 0 aliphatic carbocycles. The second kappa shape index (κ2) is 5.82. The second-order valence-corrected chi connectivity index (χ2v) is 4.74. The normalized spacial score (nSPS) is 12.0. The van der Waals surface area contributed by atoms with Gasteiger partial charge in [0.15, 0.2) is 11.6 Å². The van der Waals surface area contributed by atoms with Crippen molar-refractivity contribution >= 4 is 5.91 Å². The predicted octanol–water partition coefficient (Wildman–Crippen LogP) is 3.76. The third-order valence-electron chi connectivity index (χ3n) is 3.07. The lowest BCUT2D eigenvalue weighted by molar-refractivity contribution is 0.0939. The first-order valence-corrected chi connectivity index (χ1v) is 6.30. The summed E-state index contributed by atoms with van der Waals surface area (Å²) >= 11 is 0. The molecule has 1 N–H and O–H groups in total. The van der Waals surface area contributed by atoms with Gasteiger partial charge in [0.25, 0.3) is 5.91 Å². The van der Waals surface area contributed by atoms with Gasteiger partial charge in [-0.15, -0.1) is 0 Å². The Morgan fingerprint density at radius 3 is 2.50 bits per heavy atom. The highest BCUT2D eigenvalue weighted by Gasteiger charge is 2.13. The Balaban J connectivity index is 2.13. The van der Waals surface area contributed by atoms with Crippen molar-refractivity contribution in [3.05, 3.63) is 70.8 Å². The van der Waals surface area contributed by atoms with Gasteiger partial charge in [0.05, 0.1) is 6.04 Å². The van der Waals surface area contributed by atoms with E-state index in [4.69, 9.17) is 0 Å². The molecule has 0 aliphatic rings. The van der Waals surface area contributed by atoms with Gasteiger partial charge in [-0.1, -0.05) is 23.8 Å². The number of amides is 1. The van der Waals surface area contributed by atoms with E-state index in [-0.39, 0.29) is 5.91 Å². The molecule has 2 aromatic rings. The lowest BCUT2D eigenvalue weighted by Crippen LogP contribution is -2.26. The molecule has 104 valence electrons. The maximum atomic E-state index is 13.2. The van der Waals surface area contributed by atoms with Crippen molar-refractivity contribution in [3.63, 3.8) is 0 Å². The highest BCUT2D eigenvalue weighted by molar-refractivity contribution is 5.94. The first-order chi connectivity index (χ1) is 9.47. The van der Waals surface area contributed by atoms with Gasteiger partial charge < -0.3 is 5.32 Å². The van der Waals surface area contributed by atoms with Gasteiger partial charge in [0.2, 0.25) is 0 Å². The molecular formula is C16H15F2NO. The summed E-state index contributed by atoms with van der Waals surface area (Å²) in [7, 11) is 0. The summed E-state index contributed by atoms with van der Waals surface area (Å²) in [6, 6.07) is 10.4. The monoisotopic (exact) mass is 275 g/mol. The number of hydrogen-bond acceptors (Lipinski definition) is 1. The van der Waals surface area contributed by atoms with Crippen LogP contribution in [0.25, 0.3) is 0 Å². The third-order valence-corrected chi connectivity index (χ3v) is 3.07. The molecule has 1 atom stereocenters. The first-order valence-electron chi connectivity index (χ1n) is 6.30. The van der Waals surface area contributed by atoms with Crippen LogP contribution in [-0.4, -0.2) is 5.91 Å². The number of carbonyl (C=O) groups excluding carboxylic acids is 1. The van der Waals surface area contributed by atoms with Gasteiger partial charge in [0.1, 0.15) is 0 Å². The van der Waals surface area contributed by atoms with Crippen molar-refractivity contribution in [2.45, 2.75) is 19.9 Å². The number of aryl methyl sites for hydroxylation is 1. The minimum Gasteiger partial charge on any atom is -0.346 e. The molecule has 20 heavy (non-hydrogen) atoms. The Morgan fingerprint density at radius 2 is 1.85 bits per heavy atom. The summed E-state index contributed by atoms with van der Waals surface area (Å²) in [6.07, 6.45) is 0. The van der Waals surface area contributed by atoms with E-state index in [0.717, 1.165) is 17.7 Å². The fourth-order valence-corrected chi connectivity index (χ4v) is 1.93. The molecule has 2 aromatic carbocycles. The molecule has 0 fully saturated rings. The van der Waals surface area contributed by atoms with Crippen LogP contribution in [0.3, 0.4) is 0 Å². The zero-order valence-electron chi connectivity index (χ0n) is 11.3. The molecule has 2 nitrogen and oxygen atoms in total. The molecule has 0 saturated carbocycles. The molecule has 0 aromatic heterocycles. The number of benzene rings is 2. The van der Waals surface area contributed by atoms with E-state index in [1.165, 1.54) is 6.07 Å². The number of rotatable bonds is 3. The number of carbonyl (C=O) groups is 1. The summed E-state index contributed by atoms with van der Waals surface area (Å²) in [4.78, 5) is 12.1. The SMILES string of the molecule is Cc1cccc(C(=O)NC(C)c2ccc(F)c(F)c2)c1. The van der Waals surface area contributed by atoms with E-state index in [1.807, 2.05) is 13.0 Å². The van der Waals surface area contributed by atoms with Gasteiger partial charge in [-0.05, 0) is 43.7 Å². The standard InChI is InChI=1S/C16H15F2NO/c1-10-4-3-5-13(8-10)16(20)19-11(2)12-6-7-14(17)15(18)9-12/h3-9,11H,1-2H3,(H,19,20). The minimum absolute atomic E-state index is 0.245. The van der Waals surface area contributed by atoms with E-state index < -0.39 is 17.7 Å². The lowest BCUT2D eigenvalue weighted by atomic mass is 10.1.